The fourth-order valence-corrected chi connectivity index (χ4v) is 10.6. The molecule has 0 aliphatic rings. The summed E-state index contributed by atoms with van der Waals surface area (Å²) in [7, 11) is 0. The largest absolute Gasteiger partial charge is 0.491 e. The third-order valence-electron chi connectivity index (χ3n) is 15.9. The lowest BCUT2D eigenvalue weighted by molar-refractivity contribution is 0.281. The maximum atomic E-state index is 9.26. The van der Waals surface area contributed by atoms with Crippen molar-refractivity contribution in [2.24, 2.45) is 0 Å². The number of unbranched alkanes of at least 4 members (excludes halogenated alkanes) is 24. The van der Waals surface area contributed by atoms with Gasteiger partial charge >= 0.3 is 0 Å². The summed E-state index contributed by atoms with van der Waals surface area (Å²) >= 11 is 0. The predicted molar refractivity (Wildman–Crippen MR) is 357 cm³/mol. The summed E-state index contributed by atoms with van der Waals surface area (Å²) in [5.74, 6) is 30.5. The molecule has 0 spiro atoms. The molecule has 450 valence electrons. The Morgan fingerprint density at radius 3 is 0.679 bits per heavy atom. The number of hydrogen-bond acceptors (Lipinski definition) is 4. The number of aliphatic hydroxyl groups is 2. The molecule has 0 bridgehead atoms. The van der Waals surface area contributed by atoms with Crippen molar-refractivity contribution in [2.75, 3.05) is 26.4 Å². The number of rotatable bonds is 40. The SMILES string of the molecule is CCCCCc1ccc(C#Cc2c(C#Cc3ccc(CCCCC)cc3)c(OCCCCCCCCCCCO)c(C#Cc3ccc(CCCCC)cc3)c(C#Cc3ccc(CCCCC)cc3)c2OCCCCCCCCCCCO)cc1. The first-order chi connectivity index (χ1) is 41.5. The minimum Gasteiger partial charge on any atom is -0.491 e. The molecular weight excluding hydrogens is 1020 g/mol. The van der Waals surface area contributed by atoms with Crippen LogP contribution < -0.4 is 9.47 Å². The fourth-order valence-electron chi connectivity index (χ4n) is 10.6. The molecular formula is C80H106O4. The third-order valence-corrected chi connectivity index (χ3v) is 15.9. The van der Waals surface area contributed by atoms with Crippen LogP contribution in [0.15, 0.2) is 97.1 Å². The van der Waals surface area contributed by atoms with Gasteiger partial charge in [0.05, 0.1) is 35.5 Å². The normalized spacial score (nSPS) is 10.7. The van der Waals surface area contributed by atoms with Gasteiger partial charge in [0.15, 0.2) is 11.5 Å². The Morgan fingerprint density at radius 1 is 0.250 bits per heavy atom. The second-order valence-corrected chi connectivity index (χ2v) is 23.3. The summed E-state index contributed by atoms with van der Waals surface area (Å²) < 4.78 is 14.4. The monoisotopic (exact) mass is 1130 g/mol. The summed E-state index contributed by atoms with van der Waals surface area (Å²) in [6, 6.07) is 35.1. The minimum atomic E-state index is 0.283. The number of aliphatic hydroxyl groups excluding tert-OH is 2. The van der Waals surface area contributed by atoms with Crippen LogP contribution in [0.25, 0.3) is 0 Å². The molecule has 5 aromatic carbocycles. The molecule has 0 amide bonds. The molecule has 4 nitrogen and oxygen atoms in total. The molecule has 5 rings (SSSR count). The lowest BCUT2D eigenvalue weighted by Gasteiger charge is -2.19. The van der Waals surface area contributed by atoms with Crippen LogP contribution in [-0.4, -0.2) is 36.6 Å². The van der Waals surface area contributed by atoms with E-state index in [2.05, 4.69) is 172 Å². The Morgan fingerprint density at radius 2 is 0.464 bits per heavy atom. The van der Waals surface area contributed by atoms with Crippen molar-refractivity contribution in [3.63, 3.8) is 0 Å². The van der Waals surface area contributed by atoms with E-state index in [1.165, 1.54) is 151 Å². The summed E-state index contributed by atoms with van der Waals surface area (Å²) in [4.78, 5) is 0. The Bertz CT molecular complexity index is 2440. The molecule has 0 aliphatic carbocycles. The highest BCUT2D eigenvalue weighted by atomic mass is 16.5. The topological polar surface area (TPSA) is 58.9 Å². The van der Waals surface area contributed by atoms with Gasteiger partial charge < -0.3 is 19.7 Å². The first-order valence-electron chi connectivity index (χ1n) is 33.6. The number of ether oxygens (including phenoxy) is 2. The zero-order valence-electron chi connectivity index (χ0n) is 52.8. The molecule has 0 aliphatic heterocycles. The Balaban J connectivity index is 1.74. The van der Waals surface area contributed by atoms with Gasteiger partial charge in [-0.15, -0.1) is 0 Å². The molecule has 2 N–H and O–H groups in total. The molecule has 0 unspecified atom stereocenters. The highest BCUT2D eigenvalue weighted by Crippen LogP contribution is 2.39. The first-order valence-corrected chi connectivity index (χ1v) is 33.6. The van der Waals surface area contributed by atoms with E-state index in [0.717, 1.165) is 112 Å². The first kappa shape index (κ1) is 68.6. The van der Waals surface area contributed by atoms with Crippen LogP contribution in [0.1, 0.15) is 287 Å². The summed E-state index contributed by atoms with van der Waals surface area (Å²) in [6.45, 7) is 10.6. The molecule has 0 saturated heterocycles. The van der Waals surface area contributed by atoms with Crippen LogP contribution in [0.2, 0.25) is 0 Å². The lowest BCUT2D eigenvalue weighted by atomic mass is 9.94. The van der Waals surface area contributed by atoms with Gasteiger partial charge in [-0.1, -0.05) is 265 Å². The fraction of sp³-hybridized carbons (Fsp3) is 0.525. The van der Waals surface area contributed by atoms with E-state index in [9.17, 15) is 10.2 Å². The van der Waals surface area contributed by atoms with Gasteiger partial charge in [0.25, 0.3) is 0 Å². The van der Waals surface area contributed by atoms with Gasteiger partial charge in [-0.3, -0.25) is 0 Å². The van der Waals surface area contributed by atoms with Crippen molar-refractivity contribution >= 4 is 0 Å². The highest BCUT2D eigenvalue weighted by Gasteiger charge is 2.25. The van der Waals surface area contributed by atoms with Crippen LogP contribution in [0, 0.1) is 47.4 Å². The zero-order valence-corrected chi connectivity index (χ0v) is 52.8. The van der Waals surface area contributed by atoms with Crippen molar-refractivity contribution in [3.8, 4) is 58.9 Å². The van der Waals surface area contributed by atoms with Crippen LogP contribution >= 0.6 is 0 Å². The second-order valence-electron chi connectivity index (χ2n) is 23.3. The molecule has 0 aromatic heterocycles. The average Bonchev–Trinajstić information content (AvgIpc) is 3.03. The summed E-state index contributed by atoms with van der Waals surface area (Å²) in [5, 5.41) is 18.5. The number of benzene rings is 5. The number of hydrogen-bond donors (Lipinski definition) is 2. The molecule has 84 heavy (non-hydrogen) atoms. The zero-order chi connectivity index (χ0) is 59.3. The minimum absolute atomic E-state index is 0.283. The van der Waals surface area contributed by atoms with Crippen molar-refractivity contribution in [1.82, 2.24) is 0 Å². The molecule has 0 radical (unpaired) electrons. The average molecular weight is 1130 g/mol. The molecule has 0 heterocycles. The van der Waals surface area contributed by atoms with E-state index in [0.29, 0.717) is 47.0 Å². The summed E-state index contributed by atoms with van der Waals surface area (Å²) in [5.41, 5.74) is 11.8. The second kappa shape index (κ2) is 44.4. The predicted octanol–water partition coefficient (Wildman–Crippen LogP) is 20.0. The molecule has 0 saturated carbocycles. The van der Waals surface area contributed by atoms with Crippen molar-refractivity contribution < 1.29 is 19.7 Å². The molecule has 5 aromatic rings. The Labute approximate surface area is 512 Å². The van der Waals surface area contributed by atoms with Crippen LogP contribution in [0.5, 0.6) is 11.5 Å². The van der Waals surface area contributed by atoms with E-state index < -0.39 is 0 Å². The van der Waals surface area contributed by atoms with Crippen molar-refractivity contribution in [1.29, 1.82) is 0 Å². The lowest BCUT2D eigenvalue weighted by Crippen LogP contribution is -2.09. The van der Waals surface area contributed by atoms with Crippen LogP contribution in [-0.2, 0) is 25.7 Å². The highest BCUT2D eigenvalue weighted by molar-refractivity contribution is 5.77. The third kappa shape index (κ3) is 27.7. The van der Waals surface area contributed by atoms with Gasteiger partial charge in [-0.2, -0.15) is 0 Å². The molecule has 0 atom stereocenters. The quantitative estimate of drug-likeness (QED) is 0.0303. The van der Waals surface area contributed by atoms with E-state index >= 15 is 0 Å². The van der Waals surface area contributed by atoms with E-state index in [1.54, 1.807) is 0 Å². The molecule has 0 fully saturated rings. The van der Waals surface area contributed by atoms with Gasteiger partial charge in [-0.05, 0) is 148 Å². The standard InChI is InChI=1S/C80H106O4/c1-5-9-27-35-67-39-47-71(48-40-67)55-59-75-76(60-56-72-49-41-68(42-50-72)36-28-10-6-2)80(84-66-34-26-22-18-14-16-20-24-32-64-82)78(62-58-74-53-45-70(46-54-74)38-30-12-8-4)77(61-57-73-51-43-69(44-52-73)37-29-11-7-3)79(75)83-65-33-25-21-17-13-15-19-23-31-63-81/h39-54,81-82H,5-38,63-66H2,1-4H3. The van der Waals surface area contributed by atoms with Gasteiger partial charge in [-0.25, -0.2) is 0 Å². The van der Waals surface area contributed by atoms with Crippen molar-refractivity contribution in [2.45, 2.75) is 246 Å². The van der Waals surface area contributed by atoms with Crippen LogP contribution in [0.4, 0.5) is 0 Å². The van der Waals surface area contributed by atoms with E-state index in [4.69, 9.17) is 9.47 Å². The van der Waals surface area contributed by atoms with E-state index in [-0.39, 0.29) is 13.2 Å². The van der Waals surface area contributed by atoms with Crippen LogP contribution in [0.3, 0.4) is 0 Å². The molecule has 4 heteroatoms. The van der Waals surface area contributed by atoms with Gasteiger partial charge in [0.1, 0.15) is 0 Å². The maximum absolute atomic E-state index is 9.26. The smallest absolute Gasteiger partial charge is 0.153 e. The summed E-state index contributed by atoms with van der Waals surface area (Å²) in [6.07, 6.45) is 38.4. The number of aryl methyl sites for hydroxylation is 4. The van der Waals surface area contributed by atoms with Gasteiger partial charge in [0, 0.05) is 35.5 Å². The van der Waals surface area contributed by atoms with Crippen molar-refractivity contribution in [3.05, 3.63) is 164 Å². The Kier molecular flexibility index (Phi) is 36.2. The van der Waals surface area contributed by atoms with Gasteiger partial charge in [0.2, 0.25) is 0 Å². The maximum Gasteiger partial charge on any atom is 0.153 e. The Hall–Kier alpha value is -6.14. The van der Waals surface area contributed by atoms with E-state index in [1.807, 2.05) is 0 Å².